The van der Waals surface area contributed by atoms with Crippen LogP contribution in [-0.2, 0) is 0 Å². The zero-order chi connectivity index (χ0) is 18.4. The number of thiocarbonyl (C=S) groups is 1. The number of nitro groups is 1. The van der Waals surface area contributed by atoms with E-state index < -0.39 is 4.92 Å². The summed E-state index contributed by atoms with van der Waals surface area (Å²) in [5, 5.41) is 19.1. The number of hydrazone groups is 1. The van der Waals surface area contributed by atoms with Crippen molar-refractivity contribution in [1.29, 1.82) is 0 Å². The minimum absolute atomic E-state index is 0.0469. The van der Waals surface area contributed by atoms with Crippen molar-refractivity contribution >= 4 is 34.9 Å². The van der Waals surface area contributed by atoms with Gasteiger partial charge in [0.05, 0.1) is 11.1 Å². The summed E-state index contributed by atoms with van der Waals surface area (Å²) < 4.78 is 0. The van der Waals surface area contributed by atoms with Crippen LogP contribution in [0.2, 0.25) is 0 Å². The number of nitrogens with zero attached hydrogens (tertiary/aromatic N) is 3. The Morgan fingerprint density at radius 3 is 2.76 bits per heavy atom. The third-order valence-corrected chi connectivity index (χ3v) is 4.69. The maximum absolute atomic E-state index is 11.2. The summed E-state index contributed by atoms with van der Waals surface area (Å²) in [6, 6.07) is 5.37. The number of nitrogens with one attached hydrogen (secondary N) is 2. The van der Waals surface area contributed by atoms with Crippen molar-refractivity contribution in [2.24, 2.45) is 11.0 Å². The molecule has 1 aliphatic rings. The summed E-state index contributed by atoms with van der Waals surface area (Å²) in [6.45, 7) is 2.23. The van der Waals surface area contributed by atoms with Gasteiger partial charge < -0.3 is 10.2 Å². The van der Waals surface area contributed by atoms with Gasteiger partial charge in [-0.1, -0.05) is 25.8 Å². The number of benzene rings is 1. The van der Waals surface area contributed by atoms with Gasteiger partial charge in [-0.3, -0.25) is 15.5 Å². The summed E-state index contributed by atoms with van der Waals surface area (Å²) in [5.74, 6) is 0.596. The fourth-order valence-corrected chi connectivity index (χ4v) is 3.25. The Kier molecular flexibility index (Phi) is 6.69. The van der Waals surface area contributed by atoms with Crippen molar-refractivity contribution in [1.82, 2.24) is 10.7 Å². The number of hydrogen-bond donors (Lipinski definition) is 2. The first-order valence-corrected chi connectivity index (χ1v) is 8.84. The Labute approximate surface area is 153 Å². The molecule has 0 heterocycles. The fraction of sp³-hybridized carbons (Fsp3) is 0.529. The summed E-state index contributed by atoms with van der Waals surface area (Å²) in [5.41, 5.74) is 4.03. The van der Waals surface area contributed by atoms with Crippen LogP contribution in [0.3, 0.4) is 0 Å². The molecule has 7 nitrogen and oxygen atoms in total. The van der Waals surface area contributed by atoms with Crippen LogP contribution in [-0.4, -0.2) is 36.4 Å². The molecule has 8 heteroatoms. The summed E-state index contributed by atoms with van der Waals surface area (Å²) >= 11 is 5.27. The third-order valence-electron chi connectivity index (χ3n) is 4.49. The Balaban J connectivity index is 1.96. The zero-order valence-electron chi connectivity index (χ0n) is 14.9. The highest BCUT2D eigenvalue weighted by atomic mass is 32.1. The molecule has 1 fully saturated rings. The Morgan fingerprint density at radius 2 is 2.12 bits per heavy atom. The maximum atomic E-state index is 11.2. The molecule has 25 heavy (non-hydrogen) atoms. The summed E-state index contributed by atoms with van der Waals surface area (Å²) in [7, 11) is 3.54. The van der Waals surface area contributed by atoms with Gasteiger partial charge in [0.1, 0.15) is 5.69 Å². The molecular formula is C17H25N5O2S. The normalized spacial score (nSPS) is 20.3. The van der Waals surface area contributed by atoms with E-state index in [1.807, 2.05) is 0 Å². The summed E-state index contributed by atoms with van der Waals surface area (Å²) in [4.78, 5) is 12.5. The van der Waals surface area contributed by atoms with Crippen LogP contribution in [0.15, 0.2) is 23.3 Å². The van der Waals surface area contributed by atoms with E-state index in [0.29, 0.717) is 28.3 Å². The van der Waals surface area contributed by atoms with Crippen LogP contribution in [0.4, 0.5) is 11.4 Å². The lowest BCUT2D eigenvalue weighted by molar-refractivity contribution is -0.384. The molecule has 2 rings (SSSR count). The molecule has 0 radical (unpaired) electrons. The predicted molar refractivity (Wildman–Crippen MR) is 105 cm³/mol. The van der Waals surface area contributed by atoms with E-state index in [4.69, 9.17) is 12.2 Å². The molecule has 0 aliphatic heterocycles. The van der Waals surface area contributed by atoms with E-state index in [-0.39, 0.29) is 5.69 Å². The first kappa shape index (κ1) is 19.1. The minimum Gasteiger partial charge on any atom is -0.372 e. The van der Waals surface area contributed by atoms with Crippen molar-refractivity contribution in [3.8, 4) is 0 Å². The van der Waals surface area contributed by atoms with Crippen LogP contribution < -0.4 is 15.6 Å². The van der Waals surface area contributed by atoms with Crippen LogP contribution in [0, 0.1) is 16.0 Å². The first-order chi connectivity index (χ1) is 11.9. The molecular weight excluding hydrogens is 338 g/mol. The number of nitro benzene ring substituents is 1. The lowest BCUT2D eigenvalue weighted by Crippen LogP contribution is -2.44. The SMILES string of the molecule is C[C@@H]1CCCC[C@H]1NC(=S)N/N=C\c1ccc(N(C)C)c([N+](=O)[O-])c1. The molecule has 1 saturated carbocycles. The van der Waals surface area contributed by atoms with Gasteiger partial charge >= 0.3 is 0 Å². The number of hydrogen-bond acceptors (Lipinski definition) is 5. The minimum atomic E-state index is -0.392. The average molecular weight is 363 g/mol. The average Bonchev–Trinajstić information content (AvgIpc) is 2.56. The molecule has 0 amide bonds. The molecule has 0 spiro atoms. The van der Waals surface area contributed by atoms with Gasteiger partial charge in [0.25, 0.3) is 5.69 Å². The largest absolute Gasteiger partial charge is 0.372 e. The predicted octanol–water partition coefficient (Wildman–Crippen LogP) is 3.04. The second-order valence-corrected chi connectivity index (χ2v) is 7.02. The van der Waals surface area contributed by atoms with Crippen molar-refractivity contribution in [3.63, 3.8) is 0 Å². The molecule has 0 unspecified atom stereocenters. The molecule has 136 valence electrons. The quantitative estimate of drug-likeness (QED) is 0.362. The number of rotatable bonds is 5. The van der Waals surface area contributed by atoms with Crippen LogP contribution in [0.5, 0.6) is 0 Å². The van der Waals surface area contributed by atoms with E-state index in [0.717, 1.165) is 6.42 Å². The van der Waals surface area contributed by atoms with Crippen LogP contribution >= 0.6 is 12.2 Å². The van der Waals surface area contributed by atoms with Gasteiger partial charge in [0.2, 0.25) is 0 Å². The lowest BCUT2D eigenvalue weighted by atomic mass is 9.86. The van der Waals surface area contributed by atoms with Gasteiger partial charge in [0, 0.05) is 31.8 Å². The molecule has 2 atom stereocenters. The first-order valence-electron chi connectivity index (χ1n) is 8.44. The maximum Gasteiger partial charge on any atom is 0.293 e. The van der Waals surface area contributed by atoms with E-state index in [9.17, 15) is 10.1 Å². The van der Waals surface area contributed by atoms with Crippen molar-refractivity contribution in [3.05, 3.63) is 33.9 Å². The van der Waals surface area contributed by atoms with Gasteiger partial charge in [-0.15, -0.1) is 0 Å². The molecule has 1 aromatic carbocycles. The molecule has 1 aliphatic carbocycles. The van der Waals surface area contributed by atoms with Crippen molar-refractivity contribution in [2.75, 3.05) is 19.0 Å². The molecule has 2 N–H and O–H groups in total. The topological polar surface area (TPSA) is 82.8 Å². The van der Waals surface area contributed by atoms with E-state index in [2.05, 4.69) is 22.8 Å². The van der Waals surface area contributed by atoms with Gasteiger partial charge in [0.15, 0.2) is 5.11 Å². The summed E-state index contributed by atoms with van der Waals surface area (Å²) in [6.07, 6.45) is 6.36. The smallest absolute Gasteiger partial charge is 0.293 e. The van der Waals surface area contributed by atoms with E-state index in [1.54, 1.807) is 31.1 Å². The molecule has 1 aromatic rings. The third kappa shape index (κ3) is 5.38. The second-order valence-electron chi connectivity index (χ2n) is 6.61. The Morgan fingerprint density at radius 1 is 1.40 bits per heavy atom. The highest BCUT2D eigenvalue weighted by Gasteiger charge is 2.21. The van der Waals surface area contributed by atoms with E-state index in [1.165, 1.54) is 31.5 Å². The van der Waals surface area contributed by atoms with Gasteiger partial charge in [-0.2, -0.15) is 5.10 Å². The zero-order valence-corrected chi connectivity index (χ0v) is 15.7. The van der Waals surface area contributed by atoms with Crippen molar-refractivity contribution < 1.29 is 4.92 Å². The van der Waals surface area contributed by atoms with Crippen LogP contribution in [0.1, 0.15) is 38.2 Å². The Hall–Kier alpha value is -2.22. The molecule has 0 bridgehead atoms. The second kappa shape index (κ2) is 8.75. The number of anilines is 1. The van der Waals surface area contributed by atoms with Gasteiger partial charge in [-0.05, 0) is 37.0 Å². The van der Waals surface area contributed by atoms with Crippen LogP contribution in [0.25, 0.3) is 0 Å². The van der Waals surface area contributed by atoms with Crippen molar-refractivity contribution in [2.45, 2.75) is 38.6 Å². The molecule has 0 saturated heterocycles. The monoisotopic (exact) mass is 363 g/mol. The lowest BCUT2D eigenvalue weighted by Gasteiger charge is -2.30. The fourth-order valence-electron chi connectivity index (χ4n) is 3.04. The van der Waals surface area contributed by atoms with Gasteiger partial charge in [-0.25, -0.2) is 0 Å². The standard InChI is InChI=1S/C17H25N5O2S/c1-12-6-4-5-7-14(12)19-17(25)20-18-11-13-8-9-15(21(2)3)16(10-13)22(23)24/h8-12,14H,4-7H2,1-3H3,(H2,19,20,25)/b18-11-/t12-,14-/m1/s1. The highest BCUT2D eigenvalue weighted by Crippen LogP contribution is 2.27. The molecule has 0 aromatic heterocycles. The highest BCUT2D eigenvalue weighted by molar-refractivity contribution is 7.80. The Bertz CT molecular complexity index is 662. The van der Waals surface area contributed by atoms with E-state index >= 15 is 0 Å².